The number of carbonyl (C=O) groups is 3. The first-order valence-electron chi connectivity index (χ1n) is 9.30. The predicted molar refractivity (Wildman–Crippen MR) is 106 cm³/mol. The number of hydrogen-bond donors (Lipinski definition) is 0. The van der Waals surface area contributed by atoms with Gasteiger partial charge in [-0.05, 0) is 32.9 Å². The van der Waals surface area contributed by atoms with E-state index in [2.05, 4.69) is 0 Å². The molecule has 0 saturated heterocycles. The van der Waals surface area contributed by atoms with Crippen molar-refractivity contribution in [1.29, 1.82) is 0 Å². The van der Waals surface area contributed by atoms with Crippen molar-refractivity contribution in [3.8, 4) is 5.75 Å². The van der Waals surface area contributed by atoms with Gasteiger partial charge in [0.15, 0.2) is 13.2 Å². The minimum atomic E-state index is -0.805. The van der Waals surface area contributed by atoms with Crippen LogP contribution in [0.25, 0.3) is 0 Å². The van der Waals surface area contributed by atoms with Crippen LogP contribution >= 0.6 is 0 Å². The van der Waals surface area contributed by atoms with Gasteiger partial charge in [-0.1, -0.05) is 0 Å². The first-order chi connectivity index (χ1) is 14.2. The minimum Gasteiger partial charge on any atom is -0.482 e. The standard InChI is InChI=1S/C20H21N3O7/c1-4-21-12(2)7-15(13(21)3)17(24)10-30-20(26)9-22-16-8-14(23(27)28)5-6-18(16)29-11-19(22)25/h5-8H,4,9-11H2,1-3H3. The van der Waals surface area contributed by atoms with E-state index < -0.39 is 30.0 Å². The van der Waals surface area contributed by atoms with Crippen molar-refractivity contribution in [3.05, 3.63) is 51.3 Å². The molecule has 2 aromatic rings. The smallest absolute Gasteiger partial charge is 0.326 e. The van der Waals surface area contributed by atoms with Crippen molar-refractivity contribution in [3.63, 3.8) is 0 Å². The van der Waals surface area contributed by atoms with E-state index in [0.717, 1.165) is 28.9 Å². The molecule has 0 atom stereocenters. The number of anilines is 1. The number of ketones is 1. The number of Topliss-reactive ketones (excluding diaryl/α,β-unsaturated/α-hetero) is 1. The van der Waals surface area contributed by atoms with Crippen LogP contribution in [-0.2, 0) is 20.9 Å². The number of esters is 1. The maximum absolute atomic E-state index is 12.5. The molecule has 158 valence electrons. The summed E-state index contributed by atoms with van der Waals surface area (Å²) in [6, 6.07) is 5.52. The van der Waals surface area contributed by atoms with Gasteiger partial charge < -0.3 is 14.0 Å². The van der Waals surface area contributed by atoms with Crippen molar-refractivity contribution in [2.24, 2.45) is 0 Å². The number of amides is 1. The number of nitro benzene ring substituents is 1. The summed E-state index contributed by atoms with van der Waals surface area (Å²) >= 11 is 0. The van der Waals surface area contributed by atoms with E-state index in [1.54, 1.807) is 6.07 Å². The number of nitrogens with zero attached hydrogens (tertiary/aromatic N) is 3. The zero-order valence-corrected chi connectivity index (χ0v) is 16.8. The second-order valence-corrected chi connectivity index (χ2v) is 6.79. The molecular weight excluding hydrogens is 394 g/mol. The number of aromatic nitrogens is 1. The molecule has 10 heteroatoms. The van der Waals surface area contributed by atoms with E-state index >= 15 is 0 Å². The van der Waals surface area contributed by atoms with Crippen LogP contribution in [-0.4, -0.2) is 46.9 Å². The van der Waals surface area contributed by atoms with Crippen LogP contribution in [0, 0.1) is 24.0 Å². The molecule has 1 aromatic carbocycles. The van der Waals surface area contributed by atoms with Gasteiger partial charge in [-0.25, -0.2) is 0 Å². The van der Waals surface area contributed by atoms with Crippen molar-refractivity contribution < 1.29 is 28.8 Å². The SMILES string of the molecule is CCn1c(C)cc(C(=O)COC(=O)CN2C(=O)COc3ccc([N+](=O)[O-])cc32)c1C. The highest BCUT2D eigenvalue weighted by molar-refractivity contribution is 6.02. The molecule has 10 nitrogen and oxygen atoms in total. The van der Waals surface area contributed by atoms with E-state index in [1.165, 1.54) is 12.1 Å². The fraction of sp³-hybridized carbons (Fsp3) is 0.350. The average molecular weight is 415 g/mol. The first kappa shape index (κ1) is 21.0. The molecule has 30 heavy (non-hydrogen) atoms. The molecule has 0 radical (unpaired) electrons. The molecule has 2 heterocycles. The summed E-state index contributed by atoms with van der Waals surface area (Å²) in [7, 11) is 0. The highest BCUT2D eigenvalue weighted by Gasteiger charge is 2.30. The van der Waals surface area contributed by atoms with Crippen molar-refractivity contribution >= 4 is 29.0 Å². The van der Waals surface area contributed by atoms with E-state index in [9.17, 15) is 24.5 Å². The van der Waals surface area contributed by atoms with Gasteiger partial charge in [0.25, 0.3) is 11.6 Å². The molecule has 1 aliphatic rings. The number of hydrogen-bond acceptors (Lipinski definition) is 7. The summed E-state index contributed by atoms with van der Waals surface area (Å²) in [5, 5.41) is 11.0. The topological polar surface area (TPSA) is 121 Å². The third kappa shape index (κ3) is 4.02. The molecule has 1 amide bonds. The number of non-ortho nitro benzene ring substituents is 1. The lowest BCUT2D eigenvalue weighted by atomic mass is 10.1. The quantitative estimate of drug-likeness (QED) is 0.294. The number of ether oxygens (including phenoxy) is 2. The molecule has 0 bridgehead atoms. The maximum Gasteiger partial charge on any atom is 0.326 e. The van der Waals surface area contributed by atoms with Crippen LogP contribution in [0.5, 0.6) is 5.75 Å². The van der Waals surface area contributed by atoms with Gasteiger partial charge in [0, 0.05) is 35.6 Å². The second-order valence-electron chi connectivity index (χ2n) is 6.79. The number of rotatable bonds is 7. The van der Waals surface area contributed by atoms with Crippen LogP contribution in [0.15, 0.2) is 24.3 Å². The summed E-state index contributed by atoms with van der Waals surface area (Å²) in [6.07, 6.45) is 0. The largest absolute Gasteiger partial charge is 0.482 e. The van der Waals surface area contributed by atoms with Gasteiger partial charge in [0.05, 0.1) is 10.6 Å². The first-order valence-corrected chi connectivity index (χ1v) is 9.30. The molecule has 3 rings (SSSR count). The van der Waals surface area contributed by atoms with Crippen molar-refractivity contribution in [2.45, 2.75) is 27.3 Å². The Labute approximate surface area is 172 Å². The minimum absolute atomic E-state index is 0.107. The molecule has 0 fully saturated rings. The van der Waals surface area contributed by atoms with E-state index in [4.69, 9.17) is 9.47 Å². The monoisotopic (exact) mass is 415 g/mol. The molecule has 0 aliphatic carbocycles. The Morgan fingerprint density at radius 3 is 2.63 bits per heavy atom. The number of carbonyl (C=O) groups excluding carboxylic acids is 3. The summed E-state index contributed by atoms with van der Waals surface area (Å²) < 4.78 is 12.3. The van der Waals surface area contributed by atoms with Crippen molar-refractivity contribution in [1.82, 2.24) is 4.57 Å². The molecular formula is C20H21N3O7. The van der Waals surface area contributed by atoms with Gasteiger partial charge in [-0.2, -0.15) is 0 Å². The normalized spacial score (nSPS) is 12.9. The summed E-state index contributed by atoms with van der Waals surface area (Å²) in [5.74, 6) is -1.45. The Morgan fingerprint density at radius 1 is 1.27 bits per heavy atom. The molecule has 0 spiro atoms. The van der Waals surface area contributed by atoms with E-state index in [1.807, 2.05) is 25.3 Å². The molecule has 0 N–H and O–H groups in total. The van der Waals surface area contributed by atoms with Crippen LogP contribution in [0.1, 0.15) is 28.7 Å². The van der Waals surface area contributed by atoms with Gasteiger partial charge in [-0.3, -0.25) is 29.4 Å². The second kappa shape index (κ2) is 8.36. The number of fused-ring (bicyclic) bond motifs is 1. The Kier molecular flexibility index (Phi) is 5.86. The van der Waals surface area contributed by atoms with Gasteiger partial charge in [-0.15, -0.1) is 0 Å². The van der Waals surface area contributed by atoms with Gasteiger partial charge in [0.2, 0.25) is 5.78 Å². The summed E-state index contributed by atoms with van der Waals surface area (Å²) in [4.78, 5) is 48.4. The third-order valence-corrected chi connectivity index (χ3v) is 4.94. The third-order valence-electron chi connectivity index (χ3n) is 4.94. The fourth-order valence-corrected chi connectivity index (χ4v) is 3.45. The zero-order valence-electron chi connectivity index (χ0n) is 16.8. The van der Waals surface area contributed by atoms with Gasteiger partial charge >= 0.3 is 5.97 Å². The molecule has 0 unspecified atom stereocenters. The zero-order chi connectivity index (χ0) is 22.0. The van der Waals surface area contributed by atoms with Crippen LogP contribution in [0.3, 0.4) is 0 Å². The lowest BCUT2D eigenvalue weighted by molar-refractivity contribution is -0.384. The number of benzene rings is 1. The molecule has 1 aromatic heterocycles. The fourth-order valence-electron chi connectivity index (χ4n) is 3.45. The van der Waals surface area contributed by atoms with Crippen molar-refractivity contribution in [2.75, 3.05) is 24.7 Å². The molecule has 1 aliphatic heterocycles. The Balaban J connectivity index is 1.69. The number of aryl methyl sites for hydroxylation is 1. The lowest BCUT2D eigenvalue weighted by Crippen LogP contribution is -2.42. The highest BCUT2D eigenvalue weighted by Crippen LogP contribution is 2.35. The number of nitro groups is 1. The lowest BCUT2D eigenvalue weighted by Gasteiger charge is -2.28. The van der Waals surface area contributed by atoms with E-state index in [-0.39, 0.29) is 29.5 Å². The average Bonchev–Trinajstić information content (AvgIpc) is 3.01. The predicted octanol–water partition coefficient (Wildman–Crippen LogP) is 2.18. The summed E-state index contributed by atoms with van der Waals surface area (Å²) in [6.45, 7) is 5.14. The van der Waals surface area contributed by atoms with Crippen LogP contribution in [0.4, 0.5) is 11.4 Å². The van der Waals surface area contributed by atoms with E-state index in [0.29, 0.717) is 5.56 Å². The van der Waals surface area contributed by atoms with Crippen LogP contribution in [0.2, 0.25) is 0 Å². The Hall–Kier alpha value is -3.69. The Bertz CT molecular complexity index is 1040. The van der Waals surface area contributed by atoms with Gasteiger partial charge in [0.1, 0.15) is 12.3 Å². The molecule has 0 saturated carbocycles. The summed E-state index contributed by atoms with van der Waals surface area (Å²) in [5.41, 5.74) is 2.06. The maximum atomic E-state index is 12.5. The Morgan fingerprint density at radius 2 is 2.00 bits per heavy atom. The van der Waals surface area contributed by atoms with Crippen LogP contribution < -0.4 is 9.64 Å². The highest BCUT2D eigenvalue weighted by atomic mass is 16.6.